The van der Waals surface area contributed by atoms with E-state index < -0.39 is 32.9 Å². The molecule has 9 heteroatoms. The van der Waals surface area contributed by atoms with Gasteiger partial charge in [0.05, 0.1) is 0 Å². The molecule has 2 atom stereocenters. The smallest absolute Gasteiger partial charge is 0.459 e. The third-order valence-electron chi connectivity index (χ3n) is 3.82. The van der Waals surface area contributed by atoms with Crippen LogP contribution in [0.15, 0.2) is 60.7 Å². The van der Waals surface area contributed by atoms with E-state index in [1.807, 2.05) is 36.4 Å². The fraction of sp³-hybridized carbons (Fsp3) is 0.300. The quantitative estimate of drug-likeness (QED) is 0.326. The van der Waals surface area contributed by atoms with Gasteiger partial charge in [-0.05, 0) is 15.7 Å². The fourth-order valence-electron chi connectivity index (χ4n) is 2.35. The largest absolute Gasteiger partial charge is 0.510 e. The van der Waals surface area contributed by atoms with Crippen molar-refractivity contribution in [1.29, 1.82) is 0 Å². The molecule has 0 fully saturated rings. The summed E-state index contributed by atoms with van der Waals surface area (Å²) in [4.78, 5) is 24.5. The van der Waals surface area contributed by atoms with E-state index in [2.05, 4.69) is 9.84 Å². The number of carbonyl (C=O) groups excluding carboxylic acids is 2. The van der Waals surface area contributed by atoms with Gasteiger partial charge in [-0.2, -0.15) is 0 Å². The maximum absolute atomic E-state index is 12.4. The van der Waals surface area contributed by atoms with Crippen LogP contribution in [0.2, 0.25) is 0 Å². The Morgan fingerprint density at radius 1 is 0.931 bits per heavy atom. The maximum atomic E-state index is 12.4. The molecule has 1 unspecified atom stereocenters. The lowest BCUT2D eigenvalue weighted by molar-refractivity contribution is -0.147. The number of rotatable bonds is 11. The highest BCUT2D eigenvalue weighted by Crippen LogP contribution is 2.23. The van der Waals surface area contributed by atoms with Crippen LogP contribution >= 0.6 is 8.03 Å². The van der Waals surface area contributed by atoms with Gasteiger partial charge >= 0.3 is 20.1 Å². The monoisotopic (exact) mass is 420 g/mol. The van der Waals surface area contributed by atoms with Gasteiger partial charge in [-0.3, -0.25) is 0 Å². The summed E-state index contributed by atoms with van der Waals surface area (Å²) in [6.45, 7) is -0.610. The molecule has 2 rings (SSSR count). The number of nitrogens with one attached hydrogen (secondary N) is 1. The zero-order valence-electron chi connectivity index (χ0n) is 15.7. The molecule has 0 aliphatic heterocycles. The highest BCUT2D eigenvalue weighted by molar-refractivity contribution is 7.39. The molecule has 0 aromatic heterocycles. The lowest BCUT2D eigenvalue weighted by Gasteiger charge is -2.16. The Balaban J connectivity index is 1.90. The van der Waals surface area contributed by atoms with E-state index in [0.29, 0.717) is 0 Å². The first-order chi connectivity index (χ1) is 14.1. The summed E-state index contributed by atoms with van der Waals surface area (Å²) in [5.74, 6) is -0.682. The molecule has 1 amide bonds. The van der Waals surface area contributed by atoms with Gasteiger partial charge in [0.2, 0.25) is 0 Å². The van der Waals surface area contributed by atoms with Gasteiger partial charge in [0.1, 0.15) is 19.3 Å². The van der Waals surface area contributed by atoms with Crippen LogP contribution in [0.4, 0.5) is 4.79 Å². The highest BCUT2D eigenvalue weighted by Gasteiger charge is 2.28. The van der Waals surface area contributed by atoms with Crippen molar-refractivity contribution in [3.8, 4) is 0 Å². The predicted octanol–water partition coefficient (Wildman–Crippen LogP) is 3.12. The van der Waals surface area contributed by atoms with Gasteiger partial charge in [-0.25, -0.2) is 9.59 Å². The first-order valence-corrected chi connectivity index (χ1v) is 10.3. The van der Waals surface area contributed by atoms with Crippen LogP contribution in [0.25, 0.3) is 0 Å². The molecule has 0 aliphatic carbocycles. The average molecular weight is 420 g/mol. The highest BCUT2D eigenvalue weighted by atomic mass is 31.1. The van der Waals surface area contributed by atoms with Crippen molar-refractivity contribution < 1.29 is 33.3 Å². The van der Waals surface area contributed by atoms with Crippen LogP contribution in [0.3, 0.4) is 0 Å². The summed E-state index contributed by atoms with van der Waals surface area (Å²) in [6.07, 6.45) is -0.836. The molecule has 0 bridgehead atoms. The second-order valence-corrected chi connectivity index (χ2v) is 7.33. The molecule has 2 aromatic rings. The lowest BCUT2D eigenvalue weighted by atomic mass is 10.2. The van der Waals surface area contributed by atoms with Gasteiger partial charge in [0.25, 0.3) is 0 Å². The number of hydrogen-bond donors (Lipinski definition) is 2. The van der Waals surface area contributed by atoms with Gasteiger partial charge in [-0.15, -0.1) is 4.52 Å². The summed E-state index contributed by atoms with van der Waals surface area (Å²) in [5, 5.41) is 11.1. The number of hydrogen-bond acceptors (Lipinski definition) is 7. The second kappa shape index (κ2) is 12.6. The number of ether oxygens (including phenoxy) is 2. The van der Waals surface area contributed by atoms with Crippen LogP contribution in [-0.4, -0.2) is 36.2 Å². The molecular formula is C20H23NO7P+. The van der Waals surface area contributed by atoms with Crippen molar-refractivity contribution >= 4 is 20.1 Å². The number of esters is 1. The Bertz CT molecular complexity index is 786. The van der Waals surface area contributed by atoms with Crippen molar-refractivity contribution in [2.24, 2.45) is 0 Å². The summed E-state index contributed by atoms with van der Waals surface area (Å²) in [6, 6.07) is 17.1. The molecule has 0 heterocycles. The maximum Gasteiger partial charge on any atom is 0.510 e. The summed E-state index contributed by atoms with van der Waals surface area (Å²) < 4.78 is 26.6. The molecule has 0 spiro atoms. The summed E-state index contributed by atoms with van der Waals surface area (Å²) in [7, 11) is -2.16. The standard InChI is InChI=1S/C20H22NO7P/c22-15-28-29(25)12-11-18(19(23)26-13-16-7-3-1-4-8-16)21-20(24)27-14-17-9-5-2-6-10-17/h1-10,18,22H,11-15H2/p+1/t18-/m1/s1. The summed E-state index contributed by atoms with van der Waals surface area (Å²) >= 11 is 0. The minimum absolute atomic E-state index is 0.00324. The predicted molar refractivity (Wildman–Crippen MR) is 105 cm³/mol. The minimum atomic E-state index is -2.16. The number of aliphatic hydroxyl groups excluding tert-OH is 1. The molecule has 29 heavy (non-hydrogen) atoms. The number of aliphatic hydroxyl groups is 1. The third-order valence-corrected chi connectivity index (χ3v) is 4.84. The van der Waals surface area contributed by atoms with E-state index >= 15 is 0 Å². The number of benzene rings is 2. The van der Waals surface area contributed by atoms with Gasteiger partial charge < -0.3 is 19.9 Å². The van der Waals surface area contributed by atoms with Crippen molar-refractivity contribution in [3.63, 3.8) is 0 Å². The molecular weight excluding hydrogens is 397 g/mol. The molecule has 0 saturated heterocycles. The van der Waals surface area contributed by atoms with E-state index in [-0.39, 0.29) is 25.8 Å². The molecule has 8 nitrogen and oxygen atoms in total. The Morgan fingerprint density at radius 2 is 1.48 bits per heavy atom. The number of carbonyl (C=O) groups is 2. The Morgan fingerprint density at radius 3 is 2.03 bits per heavy atom. The van der Waals surface area contributed by atoms with Gasteiger partial charge in [-0.1, -0.05) is 60.7 Å². The normalized spacial score (nSPS) is 12.0. The Hall–Kier alpha value is -2.80. The lowest BCUT2D eigenvalue weighted by Crippen LogP contribution is -2.42. The SMILES string of the molecule is O=C(N[C@H](CC[P+](=O)OCO)C(=O)OCc1ccccc1)OCc1ccccc1. The van der Waals surface area contributed by atoms with E-state index in [1.54, 1.807) is 24.3 Å². The molecule has 0 aliphatic rings. The summed E-state index contributed by atoms with van der Waals surface area (Å²) in [5.41, 5.74) is 1.59. The first kappa shape index (κ1) is 22.5. The first-order valence-electron chi connectivity index (χ1n) is 8.94. The molecule has 0 radical (unpaired) electrons. The average Bonchev–Trinajstić information content (AvgIpc) is 2.75. The zero-order valence-corrected chi connectivity index (χ0v) is 16.6. The van der Waals surface area contributed by atoms with Crippen LogP contribution in [-0.2, 0) is 36.6 Å². The van der Waals surface area contributed by atoms with E-state index in [1.165, 1.54) is 0 Å². The molecule has 0 saturated carbocycles. The second-order valence-electron chi connectivity index (χ2n) is 5.96. The van der Waals surface area contributed by atoms with Crippen LogP contribution < -0.4 is 5.32 Å². The molecule has 2 aromatic carbocycles. The van der Waals surface area contributed by atoms with Crippen LogP contribution in [0.5, 0.6) is 0 Å². The fourth-order valence-corrected chi connectivity index (χ4v) is 3.08. The Kier molecular flexibility index (Phi) is 9.78. The van der Waals surface area contributed by atoms with Gasteiger partial charge in [0, 0.05) is 6.42 Å². The molecule has 154 valence electrons. The third kappa shape index (κ3) is 8.83. The van der Waals surface area contributed by atoms with Crippen molar-refractivity contribution in [3.05, 3.63) is 71.8 Å². The van der Waals surface area contributed by atoms with Crippen LogP contribution in [0.1, 0.15) is 17.5 Å². The van der Waals surface area contributed by atoms with Crippen molar-refractivity contribution in [2.75, 3.05) is 13.0 Å². The number of amides is 1. The van der Waals surface area contributed by atoms with Crippen molar-refractivity contribution in [2.45, 2.75) is 25.7 Å². The number of alkyl carbamates (subject to hydrolysis) is 1. The Labute approximate surface area is 169 Å². The minimum Gasteiger partial charge on any atom is -0.459 e. The van der Waals surface area contributed by atoms with E-state index in [9.17, 15) is 14.2 Å². The molecule has 2 N–H and O–H groups in total. The zero-order chi connectivity index (χ0) is 20.9. The van der Waals surface area contributed by atoms with Crippen molar-refractivity contribution in [1.82, 2.24) is 5.32 Å². The topological polar surface area (TPSA) is 111 Å². The van der Waals surface area contributed by atoms with E-state index in [4.69, 9.17) is 14.6 Å². The van der Waals surface area contributed by atoms with Gasteiger partial charge in [0.15, 0.2) is 13.0 Å². The van der Waals surface area contributed by atoms with E-state index in [0.717, 1.165) is 11.1 Å². The van der Waals surface area contributed by atoms with Crippen LogP contribution in [0, 0.1) is 0 Å².